The summed E-state index contributed by atoms with van der Waals surface area (Å²) in [4.78, 5) is 47.2. The number of carbonyl (C=O) groups is 2. The molecule has 306 valence electrons. The SMILES string of the molecule is COc1cc(NC(=O)c2cnc3ccccc3n2)c(C(=O)Nc2ccc(CCN(Cc3cccc(-c4nc(C)no4)c3)Cc3cccc(-c4nc(C)no4)c3)cc2)cc1OC. The Morgan fingerprint density at radius 3 is 1.84 bits per heavy atom. The highest BCUT2D eigenvalue weighted by molar-refractivity contribution is 6.12. The standard InChI is InChI=1S/C46H41N9O6/c1-28-48-45(60-53-28)33-11-7-9-31(21-33)26-55(27-32-10-8-12-34(22-32)46-49-29(2)54-61-46)20-19-30-15-17-35(18-16-30)50-43(56)36-23-41(58-3)42(59-4)24-39(36)52-44(57)40-25-47-37-13-5-6-14-38(37)51-40/h5-18,21-25H,19-20,26-27H2,1-4H3,(H,50,56)(H,52,57). The smallest absolute Gasteiger partial charge is 0.275 e. The molecular weight excluding hydrogens is 775 g/mol. The summed E-state index contributed by atoms with van der Waals surface area (Å²) in [5.41, 5.74) is 7.22. The molecule has 0 saturated carbocycles. The van der Waals surface area contributed by atoms with Crippen molar-refractivity contribution in [2.24, 2.45) is 0 Å². The molecular formula is C46H41N9O6. The molecule has 0 aliphatic carbocycles. The molecule has 15 nitrogen and oxygen atoms in total. The topological polar surface area (TPSA) is 184 Å². The van der Waals surface area contributed by atoms with Gasteiger partial charge in [-0.15, -0.1) is 0 Å². The molecule has 3 heterocycles. The molecule has 5 aromatic carbocycles. The quantitative estimate of drug-likeness (QED) is 0.101. The number of amides is 2. The first-order valence-electron chi connectivity index (χ1n) is 19.4. The van der Waals surface area contributed by atoms with Crippen molar-refractivity contribution >= 4 is 34.2 Å². The van der Waals surface area contributed by atoms with Crippen LogP contribution >= 0.6 is 0 Å². The summed E-state index contributed by atoms with van der Waals surface area (Å²) < 4.78 is 21.9. The molecule has 0 radical (unpaired) electrons. The van der Waals surface area contributed by atoms with Crippen molar-refractivity contribution in [1.29, 1.82) is 0 Å². The number of rotatable bonds is 15. The Labute approximate surface area is 350 Å². The third-order valence-corrected chi connectivity index (χ3v) is 9.84. The second kappa shape index (κ2) is 18.0. The zero-order valence-electron chi connectivity index (χ0n) is 33.9. The summed E-state index contributed by atoms with van der Waals surface area (Å²) in [7, 11) is 2.95. The third kappa shape index (κ3) is 9.58. The third-order valence-electron chi connectivity index (χ3n) is 9.84. The van der Waals surface area contributed by atoms with Crippen LogP contribution in [0, 0.1) is 13.8 Å². The molecule has 0 saturated heterocycles. The highest BCUT2D eigenvalue weighted by atomic mass is 16.5. The zero-order chi connectivity index (χ0) is 42.3. The molecule has 0 aliphatic heterocycles. The number of nitrogens with zero attached hydrogens (tertiary/aromatic N) is 7. The monoisotopic (exact) mass is 815 g/mol. The van der Waals surface area contributed by atoms with Crippen molar-refractivity contribution in [3.05, 3.63) is 155 Å². The van der Waals surface area contributed by atoms with Gasteiger partial charge in [0.05, 0.1) is 42.7 Å². The lowest BCUT2D eigenvalue weighted by Gasteiger charge is -2.23. The Bertz CT molecular complexity index is 2750. The average molecular weight is 816 g/mol. The number of nitrogens with one attached hydrogen (secondary N) is 2. The van der Waals surface area contributed by atoms with Gasteiger partial charge in [-0.25, -0.2) is 4.98 Å². The van der Waals surface area contributed by atoms with Crippen LogP contribution in [0.4, 0.5) is 11.4 Å². The van der Waals surface area contributed by atoms with E-state index in [2.05, 4.69) is 70.0 Å². The van der Waals surface area contributed by atoms with E-state index in [1.165, 1.54) is 26.5 Å². The van der Waals surface area contributed by atoms with E-state index in [1.807, 2.05) is 66.7 Å². The number of hydrogen-bond acceptors (Lipinski definition) is 13. The highest BCUT2D eigenvalue weighted by Gasteiger charge is 2.21. The fraction of sp³-hybridized carbons (Fsp3) is 0.174. The van der Waals surface area contributed by atoms with Gasteiger partial charge >= 0.3 is 0 Å². The Kier molecular flexibility index (Phi) is 11.8. The molecule has 0 atom stereocenters. The summed E-state index contributed by atoms with van der Waals surface area (Å²) >= 11 is 0. The molecule has 0 spiro atoms. The molecule has 0 fully saturated rings. The number of benzene rings is 5. The Morgan fingerprint density at radius 1 is 0.639 bits per heavy atom. The van der Waals surface area contributed by atoms with Gasteiger partial charge in [-0.3, -0.25) is 19.5 Å². The summed E-state index contributed by atoms with van der Waals surface area (Å²) in [5, 5.41) is 13.7. The largest absolute Gasteiger partial charge is 0.493 e. The Balaban J connectivity index is 0.981. The maximum absolute atomic E-state index is 13.9. The van der Waals surface area contributed by atoms with Gasteiger partial charge in [0.15, 0.2) is 23.1 Å². The van der Waals surface area contributed by atoms with E-state index < -0.39 is 11.8 Å². The number of anilines is 2. The molecule has 8 rings (SSSR count). The van der Waals surface area contributed by atoms with E-state index in [-0.39, 0.29) is 16.9 Å². The van der Waals surface area contributed by atoms with Crippen molar-refractivity contribution in [3.8, 4) is 34.4 Å². The molecule has 2 N–H and O–H groups in total. The minimum absolute atomic E-state index is 0.0913. The van der Waals surface area contributed by atoms with Gasteiger partial charge in [0.1, 0.15) is 5.69 Å². The van der Waals surface area contributed by atoms with Gasteiger partial charge in [-0.1, -0.05) is 58.8 Å². The van der Waals surface area contributed by atoms with Crippen LogP contribution in [0.5, 0.6) is 11.5 Å². The number of hydrogen-bond donors (Lipinski definition) is 2. The summed E-state index contributed by atoms with van der Waals surface area (Å²) in [6, 6.07) is 34.2. The van der Waals surface area contributed by atoms with E-state index in [9.17, 15) is 9.59 Å². The average Bonchev–Trinajstić information content (AvgIpc) is 3.93. The maximum Gasteiger partial charge on any atom is 0.275 e. The van der Waals surface area contributed by atoms with Crippen LogP contribution in [0.3, 0.4) is 0 Å². The lowest BCUT2D eigenvalue weighted by atomic mass is 10.1. The molecule has 15 heteroatoms. The van der Waals surface area contributed by atoms with Gasteiger partial charge in [-0.2, -0.15) is 9.97 Å². The van der Waals surface area contributed by atoms with Gasteiger partial charge in [0, 0.05) is 42.5 Å². The van der Waals surface area contributed by atoms with Crippen LogP contribution in [0.2, 0.25) is 0 Å². The first kappa shape index (κ1) is 40.0. The molecule has 0 unspecified atom stereocenters. The lowest BCUT2D eigenvalue weighted by molar-refractivity contribution is 0.102. The molecule has 0 bridgehead atoms. The molecule has 61 heavy (non-hydrogen) atoms. The van der Waals surface area contributed by atoms with E-state index in [0.29, 0.717) is 64.7 Å². The fourth-order valence-corrected chi connectivity index (χ4v) is 6.83. The van der Waals surface area contributed by atoms with Gasteiger partial charge < -0.3 is 29.2 Å². The fourth-order valence-electron chi connectivity index (χ4n) is 6.83. The maximum atomic E-state index is 13.9. The first-order chi connectivity index (χ1) is 29.7. The summed E-state index contributed by atoms with van der Waals surface area (Å²) in [6.07, 6.45) is 2.12. The number of methoxy groups -OCH3 is 2. The number of fused-ring (bicyclic) bond motifs is 1. The first-order valence-corrected chi connectivity index (χ1v) is 19.4. The summed E-state index contributed by atoms with van der Waals surface area (Å²) in [6.45, 7) is 5.61. The number of para-hydroxylation sites is 2. The number of ether oxygens (including phenoxy) is 2. The van der Waals surface area contributed by atoms with Gasteiger partial charge in [-0.05, 0) is 91.6 Å². The van der Waals surface area contributed by atoms with E-state index in [0.717, 1.165) is 40.8 Å². The van der Waals surface area contributed by atoms with Crippen LogP contribution in [0.25, 0.3) is 33.9 Å². The molecule has 3 aromatic heterocycles. The van der Waals surface area contributed by atoms with Crippen LogP contribution in [0.1, 0.15) is 49.2 Å². The van der Waals surface area contributed by atoms with Crippen LogP contribution < -0.4 is 20.1 Å². The van der Waals surface area contributed by atoms with E-state index >= 15 is 0 Å². The van der Waals surface area contributed by atoms with E-state index in [1.54, 1.807) is 26.0 Å². The Morgan fingerprint density at radius 2 is 1.25 bits per heavy atom. The van der Waals surface area contributed by atoms with Crippen molar-refractivity contribution in [1.82, 2.24) is 35.1 Å². The minimum Gasteiger partial charge on any atom is -0.493 e. The van der Waals surface area contributed by atoms with Crippen LogP contribution in [0.15, 0.2) is 124 Å². The normalized spacial score (nSPS) is 11.2. The van der Waals surface area contributed by atoms with Gasteiger partial charge in [0.2, 0.25) is 0 Å². The van der Waals surface area contributed by atoms with Crippen molar-refractivity contribution in [2.75, 3.05) is 31.4 Å². The van der Waals surface area contributed by atoms with Crippen molar-refractivity contribution in [2.45, 2.75) is 33.4 Å². The second-order valence-electron chi connectivity index (χ2n) is 14.3. The molecule has 8 aromatic rings. The number of aryl methyl sites for hydroxylation is 2. The summed E-state index contributed by atoms with van der Waals surface area (Å²) in [5.74, 6) is 1.76. The minimum atomic E-state index is -0.540. The van der Waals surface area contributed by atoms with Crippen molar-refractivity contribution < 1.29 is 28.1 Å². The molecule has 0 aliphatic rings. The van der Waals surface area contributed by atoms with Crippen LogP contribution in [-0.4, -0.2) is 67.7 Å². The van der Waals surface area contributed by atoms with Gasteiger partial charge in [0.25, 0.3) is 23.6 Å². The number of carbonyl (C=O) groups excluding carboxylic acids is 2. The highest BCUT2D eigenvalue weighted by Crippen LogP contribution is 2.34. The van der Waals surface area contributed by atoms with Crippen LogP contribution in [-0.2, 0) is 19.5 Å². The molecule has 2 amide bonds. The van der Waals surface area contributed by atoms with Crippen molar-refractivity contribution in [3.63, 3.8) is 0 Å². The number of aromatic nitrogens is 6. The lowest BCUT2D eigenvalue weighted by Crippen LogP contribution is -2.25. The second-order valence-corrected chi connectivity index (χ2v) is 14.3. The van der Waals surface area contributed by atoms with E-state index in [4.69, 9.17) is 18.5 Å². The Hall–Kier alpha value is -7.78. The zero-order valence-corrected chi connectivity index (χ0v) is 33.9. The predicted molar refractivity (Wildman–Crippen MR) is 228 cm³/mol. The predicted octanol–water partition coefficient (Wildman–Crippen LogP) is 8.11.